The molecule has 4 rings (SSSR count). The third kappa shape index (κ3) is 3.85. The molecule has 1 aliphatic heterocycles. The molecular formula is C20H19BrF2N4O2S. The summed E-state index contributed by atoms with van der Waals surface area (Å²) < 4.78 is 29.0. The van der Waals surface area contributed by atoms with Gasteiger partial charge in [0.05, 0.1) is 11.1 Å². The highest BCUT2D eigenvalue weighted by atomic mass is 79.9. The number of benzene rings is 1. The summed E-state index contributed by atoms with van der Waals surface area (Å²) in [6.45, 7) is 4.56. The van der Waals surface area contributed by atoms with Crippen LogP contribution in [0.5, 0.6) is 0 Å². The molecule has 1 atom stereocenters. The Labute approximate surface area is 183 Å². The van der Waals surface area contributed by atoms with Crippen molar-refractivity contribution >= 4 is 54.2 Å². The fraction of sp³-hybridized carbons (Fsp3) is 0.350. The van der Waals surface area contributed by atoms with E-state index in [0.29, 0.717) is 39.3 Å². The third-order valence-electron chi connectivity index (χ3n) is 5.31. The fourth-order valence-corrected chi connectivity index (χ4v) is 5.17. The Balaban J connectivity index is 1.64. The first-order chi connectivity index (χ1) is 14.2. The molecule has 10 heteroatoms. The summed E-state index contributed by atoms with van der Waals surface area (Å²) in [7, 11) is 0. The summed E-state index contributed by atoms with van der Waals surface area (Å²) in [6.07, 6.45) is 2.65. The Morgan fingerprint density at radius 1 is 1.30 bits per heavy atom. The Bertz CT molecular complexity index is 1200. The van der Waals surface area contributed by atoms with Crippen LogP contribution in [0.25, 0.3) is 10.2 Å². The number of aromatic nitrogens is 2. The average Bonchev–Trinajstić information content (AvgIpc) is 2.84. The number of fused-ring (bicyclic) bond motifs is 2. The van der Waals surface area contributed by atoms with Gasteiger partial charge >= 0.3 is 6.03 Å². The smallest absolute Gasteiger partial charge is 0.304 e. The van der Waals surface area contributed by atoms with Gasteiger partial charge < -0.3 is 5.32 Å². The van der Waals surface area contributed by atoms with Gasteiger partial charge in [-0.25, -0.2) is 18.6 Å². The van der Waals surface area contributed by atoms with Crippen LogP contribution in [0.15, 0.2) is 21.4 Å². The summed E-state index contributed by atoms with van der Waals surface area (Å²) in [4.78, 5) is 30.8. The van der Waals surface area contributed by atoms with Gasteiger partial charge in [-0.05, 0) is 53.2 Å². The van der Waals surface area contributed by atoms with Gasteiger partial charge in [-0.1, -0.05) is 18.3 Å². The molecule has 1 aromatic carbocycles. The zero-order valence-electron chi connectivity index (χ0n) is 16.3. The quantitative estimate of drug-likeness (QED) is 0.496. The van der Waals surface area contributed by atoms with E-state index in [4.69, 9.17) is 0 Å². The molecule has 0 spiro atoms. The van der Waals surface area contributed by atoms with Crippen molar-refractivity contribution in [1.82, 2.24) is 9.55 Å². The number of hydrogen-bond donors (Lipinski definition) is 2. The number of halogens is 3. The predicted molar refractivity (Wildman–Crippen MR) is 117 cm³/mol. The van der Waals surface area contributed by atoms with Gasteiger partial charge in [-0.2, -0.15) is 0 Å². The molecular weight excluding hydrogens is 478 g/mol. The van der Waals surface area contributed by atoms with Crippen molar-refractivity contribution in [2.45, 2.75) is 39.7 Å². The SMILES string of the molecule is Cc1c(NC(=O)Nc2c(F)cc(F)cc2Br)sc2nc3n(c(=O)c12)CC[C@H](C)CC3. The second kappa shape index (κ2) is 8.07. The first kappa shape index (κ1) is 20.9. The number of anilines is 2. The average molecular weight is 497 g/mol. The fourth-order valence-electron chi connectivity index (χ4n) is 3.58. The Hall–Kier alpha value is -2.33. The molecule has 158 valence electrons. The van der Waals surface area contributed by atoms with Crippen LogP contribution in [0.3, 0.4) is 0 Å². The van der Waals surface area contributed by atoms with Gasteiger partial charge in [0, 0.05) is 23.5 Å². The monoisotopic (exact) mass is 496 g/mol. The Morgan fingerprint density at radius 2 is 2.07 bits per heavy atom. The molecule has 0 unspecified atom stereocenters. The lowest BCUT2D eigenvalue weighted by atomic mass is 10.0. The lowest BCUT2D eigenvalue weighted by Crippen LogP contribution is -2.24. The largest absolute Gasteiger partial charge is 0.324 e. The maximum atomic E-state index is 14.0. The van der Waals surface area contributed by atoms with E-state index in [1.807, 2.05) is 0 Å². The molecule has 30 heavy (non-hydrogen) atoms. The molecule has 0 aliphatic carbocycles. The number of nitrogens with one attached hydrogen (secondary N) is 2. The molecule has 2 aromatic heterocycles. The highest BCUT2D eigenvalue weighted by molar-refractivity contribution is 9.10. The number of hydrogen-bond acceptors (Lipinski definition) is 4. The van der Waals surface area contributed by atoms with E-state index in [9.17, 15) is 18.4 Å². The highest BCUT2D eigenvalue weighted by Crippen LogP contribution is 2.33. The number of carbonyl (C=O) groups is 1. The zero-order chi connectivity index (χ0) is 21.6. The van der Waals surface area contributed by atoms with Crippen molar-refractivity contribution in [3.05, 3.63) is 50.0 Å². The van der Waals surface area contributed by atoms with Crippen LogP contribution < -0.4 is 16.2 Å². The summed E-state index contributed by atoms with van der Waals surface area (Å²) in [6, 6.07) is 1.04. The van der Waals surface area contributed by atoms with Crippen LogP contribution in [-0.4, -0.2) is 15.6 Å². The third-order valence-corrected chi connectivity index (χ3v) is 7.03. The summed E-state index contributed by atoms with van der Waals surface area (Å²) in [5.41, 5.74) is 0.346. The van der Waals surface area contributed by atoms with Crippen LogP contribution in [0.4, 0.5) is 24.3 Å². The molecule has 2 N–H and O–H groups in total. The standard InChI is InChI=1S/C20H19BrF2N4O2S/c1-9-3-4-14-24-18-15(19(28)27(14)6-5-9)10(2)17(30-18)26-20(29)25-16-12(21)7-11(22)8-13(16)23/h7-9H,3-6H2,1-2H3,(H2,25,26,29)/t9-/m1/s1. The molecule has 1 aliphatic rings. The van der Waals surface area contributed by atoms with Gasteiger partial charge in [0.25, 0.3) is 5.56 Å². The van der Waals surface area contributed by atoms with E-state index in [2.05, 4.69) is 38.5 Å². The van der Waals surface area contributed by atoms with Crippen molar-refractivity contribution in [3.63, 3.8) is 0 Å². The Morgan fingerprint density at radius 3 is 2.80 bits per heavy atom. The van der Waals surface area contributed by atoms with Crippen LogP contribution in [0, 0.1) is 24.5 Å². The molecule has 2 amide bonds. The van der Waals surface area contributed by atoms with Gasteiger partial charge in [0.1, 0.15) is 21.5 Å². The van der Waals surface area contributed by atoms with Crippen molar-refractivity contribution in [1.29, 1.82) is 0 Å². The van der Waals surface area contributed by atoms with Crippen molar-refractivity contribution in [3.8, 4) is 0 Å². The van der Waals surface area contributed by atoms with E-state index in [0.717, 1.165) is 31.2 Å². The lowest BCUT2D eigenvalue weighted by Gasteiger charge is -2.10. The van der Waals surface area contributed by atoms with E-state index in [1.165, 1.54) is 11.3 Å². The molecule has 0 saturated carbocycles. The first-order valence-corrected chi connectivity index (χ1v) is 11.1. The summed E-state index contributed by atoms with van der Waals surface area (Å²) in [5.74, 6) is -0.349. The maximum Gasteiger partial charge on any atom is 0.324 e. The van der Waals surface area contributed by atoms with E-state index < -0.39 is 17.7 Å². The van der Waals surface area contributed by atoms with Crippen LogP contribution >= 0.6 is 27.3 Å². The van der Waals surface area contributed by atoms with Crippen molar-refractivity contribution in [2.24, 2.45) is 5.92 Å². The van der Waals surface area contributed by atoms with Crippen molar-refractivity contribution < 1.29 is 13.6 Å². The minimum absolute atomic E-state index is 0.0843. The zero-order valence-corrected chi connectivity index (χ0v) is 18.7. The summed E-state index contributed by atoms with van der Waals surface area (Å²) in [5, 5.41) is 5.97. The molecule has 0 saturated heterocycles. The lowest BCUT2D eigenvalue weighted by molar-refractivity contribution is 0.262. The number of urea groups is 1. The van der Waals surface area contributed by atoms with Crippen LogP contribution in [-0.2, 0) is 13.0 Å². The molecule has 3 heterocycles. The molecule has 3 aromatic rings. The van der Waals surface area contributed by atoms with Crippen molar-refractivity contribution in [2.75, 3.05) is 10.6 Å². The topological polar surface area (TPSA) is 76.0 Å². The Kier molecular flexibility index (Phi) is 5.63. The second-order valence-corrected chi connectivity index (χ2v) is 9.33. The molecule has 0 bridgehead atoms. The van der Waals surface area contributed by atoms with E-state index >= 15 is 0 Å². The van der Waals surface area contributed by atoms with Gasteiger partial charge in [0.2, 0.25) is 0 Å². The van der Waals surface area contributed by atoms with Crippen LogP contribution in [0.1, 0.15) is 31.2 Å². The van der Waals surface area contributed by atoms with E-state index in [-0.39, 0.29) is 15.7 Å². The number of nitrogens with zero attached hydrogens (tertiary/aromatic N) is 2. The number of aryl methyl sites for hydroxylation is 2. The van der Waals surface area contributed by atoms with Gasteiger partial charge in [-0.3, -0.25) is 14.7 Å². The molecule has 0 radical (unpaired) electrons. The first-order valence-electron chi connectivity index (χ1n) is 9.50. The number of amides is 2. The number of carbonyl (C=O) groups excluding carboxylic acids is 1. The minimum Gasteiger partial charge on any atom is -0.304 e. The predicted octanol–water partition coefficient (Wildman–Crippen LogP) is 5.42. The van der Waals surface area contributed by atoms with Gasteiger partial charge in [0.15, 0.2) is 5.82 Å². The molecule has 6 nitrogen and oxygen atoms in total. The molecule has 0 fully saturated rings. The highest BCUT2D eigenvalue weighted by Gasteiger charge is 2.22. The second-order valence-electron chi connectivity index (χ2n) is 7.48. The maximum absolute atomic E-state index is 14.0. The van der Waals surface area contributed by atoms with Crippen LogP contribution in [0.2, 0.25) is 0 Å². The summed E-state index contributed by atoms with van der Waals surface area (Å²) >= 11 is 4.24. The normalized spacial score (nSPS) is 16.2. The van der Waals surface area contributed by atoms with E-state index in [1.54, 1.807) is 11.5 Å². The minimum atomic E-state index is -0.900. The number of rotatable bonds is 2. The number of thiophene rings is 1. The van der Waals surface area contributed by atoms with Gasteiger partial charge in [-0.15, -0.1) is 0 Å².